The molecule has 0 fully saturated rings. The molecule has 0 bridgehead atoms. The molecule has 2 unspecified atom stereocenters. The lowest BCUT2D eigenvalue weighted by Crippen LogP contribution is -2.17. The minimum absolute atomic E-state index is 0.492. The molecule has 0 heterocycles. The van der Waals surface area contributed by atoms with Gasteiger partial charge >= 0.3 is 0 Å². The van der Waals surface area contributed by atoms with Crippen LogP contribution in [0.15, 0.2) is 24.3 Å². The number of rotatable bonds is 5. The summed E-state index contributed by atoms with van der Waals surface area (Å²) in [5, 5.41) is 0. The van der Waals surface area contributed by atoms with Crippen LogP contribution in [-0.2, 0) is 0 Å². The third-order valence-electron chi connectivity index (χ3n) is 3.60. The molecule has 0 saturated carbocycles. The molecule has 16 heavy (non-hydrogen) atoms. The maximum Gasteiger partial charge on any atom is -0.000577 e. The second-order valence-electron chi connectivity index (χ2n) is 5.06. The lowest BCUT2D eigenvalue weighted by atomic mass is 9.87. The first-order valence-electron chi connectivity index (χ1n) is 6.40. The Labute approximate surface area is 100 Å². The highest BCUT2D eigenvalue weighted by Crippen LogP contribution is 2.26. The summed E-state index contributed by atoms with van der Waals surface area (Å²) >= 11 is 0. The molecule has 0 radical (unpaired) electrons. The fourth-order valence-electron chi connectivity index (χ4n) is 2.10. The first kappa shape index (κ1) is 13.2. The highest BCUT2D eigenvalue weighted by atomic mass is 14.6. The van der Waals surface area contributed by atoms with Crippen molar-refractivity contribution in [3.05, 3.63) is 35.4 Å². The molecule has 1 rings (SSSR count). The first-order valence-corrected chi connectivity index (χ1v) is 6.40. The maximum absolute atomic E-state index is 5.83. The maximum atomic E-state index is 5.83. The number of hydrogen-bond acceptors (Lipinski definition) is 1. The highest BCUT2D eigenvalue weighted by molar-refractivity contribution is 5.28. The van der Waals surface area contributed by atoms with Crippen molar-refractivity contribution in [3.63, 3.8) is 0 Å². The Balaban J connectivity index is 2.85. The van der Waals surface area contributed by atoms with Crippen LogP contribution in [0, 0.1) is 5.92 Å². The van der Waals surface area contributed by atoms with Crippen LogP contribution in [-0.4, -0.2) is 6.54 Å². The van der Waals surface area contributed by atoms with Crippen LogP contribution in [0.5, 0.6) is 0 Å². The van der Waals surface area contributed by atoms with Crippen molar-refractivity contribution in [3.8, 4) is 0 Å². The lowest BCUT2D eigenvalue weighted by molar-refractivity contribution is 0.506. The first-order chi connectivity index (χ1) is 7.60. The van der Waals surface area contributed by atoms with Crippen LogP contribution in [0.25, 0.3) is 0 Å². The van der Waals surface area contributed by atoms with E-state index in [4.69, 9.17) is 5.73 Å². The highest BCUT2D eigenvalue weighted by Gasteiger charge is 2.14. The quantitative estimate of drug-likeness (QED) is 0.798. The molecule has 1 aromatic carbocycles. The van der Waals surface area contributed by atoms with Gasteiger partial charge in [-0.15, -0.1) is 0 Å². The van der Waals surface area contributed by atoms with Gasteiger partial charge in [0, 0.05) is 0 Å². The van der Waals surface area contributed by atoms with Gasteiger partial charge in [0.2, 0.25) is 0 Å². The lowest BCUT2D eigenvalue weighted by Gasteiger charge is -2.20. The average molecular weight is 219 g/mol. The predicted octanol–water partition coefficient (Wildman–Crippen LogP) is 3.90. The Hall–Kier alpha value is -0.820. The van der Waals surface area contributed by atoms with Crippen molar-refractivity contribution in [2.24, 2.45) is 11.7 Å². The molecule has 1 nitrogen and oxygen atoms in total. The van der Waals surface area contributed by atoms with E-state index in [0.29, 0.717) is 17.8 Å². The van der Waals surface area contributed by atoms with Crippen molar-refractivity contribution >= 4 is 0 Å². The predicted molar refractivity (Wildman–Crippen MR) is 71.8 cm³/mol. The normalized spacial score (nSPS) is 15.1. The number of nitrogens with two attached hydrogens (primary N) is 1. The van der Waals surface area contributed by atoms with E-state index in [1.807, 2.05) is 0 Å². The summed E-state index contributed by atoms with van der Waals surface area (Å²) in [6.07, 6.45) is 1.20. The summed E-state index contributed by atoms with van der Waals surface area (Å²) in [5.74, 6) is 1.76. The van der Waals surface area contributed by atoms with Gasteiger partial charge in [0.15, 0.2) is 0 Å². The molecule has 0 aliphatic heterocycles. The minimum Gasteiger partial charge on any atom is -0.330 e. The van der Waals surface area contributed by atoms with Gasteiger partial charge in [-0.05, 0) is 41.8 Å². The van der Waals surface area contributed by atoms with E-state index in [2.05, 4.69) is 52.0 Å². The Morgan fingerprint density at radius 1 is 1.00 bits per heavy atom. The molecular weight excluding hydrogens is 194 g/mol. The molecule has 0 aromatic heterocycles. The fraction of sp³-hybridized carbons (Fsp3) is 0.600. The van der Waals surface area contributed by atoms with E-state index in [9.17, 15) is 0 Å². The second kappa shape index (κ2) is 6.05. The number of benzene rings is 1. The standard InChI is InChI=1S/C15H25N/c1-5-12(4)13-6-8-14(9-7-13)15(10-16)11(2)3/h6-9,11-12,15H,5,10,16H2,1-4H3. The summed E-state index contributed by atoms with van der Waals surface area (Å²) < 4.78 is 0. The molecule has 1 aromatic rings. The van der Waals surface area contributed by atoms with Crippen molar-refractivity contribution < 1.29 is 0 Å². The summed E-state index contributed by atoms with van der Waals surface area (Å²) in [4.78, 5) is 0. The van der Waals surface area contributed by atoms with Crippen LogP contribution in [0.4, 0.5) is 0 Å². The van der Waals surface area contributed by atoms with Crippen molar-refractivity contribution in [1.29, 1.82) is 0 Å². The van der Waals surface area contributed by atoms with E-state index in [0.717, 1.165) is 6.54 Å². The Morgan fingerprint density at radius 2 is 1.50 bits per heavy atom. The molecule has 0 aliphatic carbocycles. The zero-order valence-electron chi connectivity index (χ0n) is 11.0. The van der Waals surface area contributed by atoms with Gasteiger partial charge in [0.05, 0.1) is 0 Å². The largest absolute Gasteiger partial charge is 0.330 e. The van der Waals surface area contributed by atoms with Crippen LogP contribution >= 0.6 is 0 Å². The monoisotopic (exact) mass is 219 g/mol. The molecule has 2 N–H and O–H groups in total. The third-order valence-corrected chi connectivity index (χ3v) is 3.60. The van der Waals surface area contributed by atoms with Gasteiger partial charge in [-0.2, -0.15) is 0 Å². The molecular formula is C15H25N. The van der Waals surface area contributed by atoms with Crippen LogP contribution in [0.3, 0.4) is 0 Å². The summed E-state index contributed by atoms with van der Waals surface area (Å²) in [5.41, 5.74) is 8.64. The van der Waals surface area contributed by atoms with Crippen LogP contribution < -0.4 is 5.73 Å². The van der Waals surface area contributed by atoms with E-state index in [1.54, 1.807) is 0 Å². The zero-order chi connectivity index (χ0) is 12.1. The van der Waals surface area contributed by atoms with Gasteiger partial charge in [-0.3, -0.25) is 0 Å². The number of hydrogen-bond donors (Lipinski definition) is 1. The molecule has 0 amide bonds. The van der Waals surface area contributed by atoms with Gasteiger partial charge < -0.3 is 5.73 Å². The van der Waals surface area contributed by atoms with Crippen molar-refractivity contribution in [1.82, 2.24) is 0 Å². The van der Waals surface area contributed by atoms with Crippen LogP contribution in [0.2, 0.25) is 0 Å². The average Bonchev–Trinajstić information content (AvgIpc) is 2.29. The van der Waals surface area contributed by atoms with Gasteiger partial charge in [-0.25, -0.2) is 0 Å². The van der Waals surface area contributed by atoms with E-state index >= 15 is 0 Å². The SMILES string of the molecule is CCC(C)c1ccc(C(CN)C(C)C)cc1. The molecule has 0 aliphatic rings. The van der Waals surface area contributed by atoms with Gasteiger partial charge in [-0.1, -0.05) is 52.0 Å². The second-order valence-corrected chi connectivity index (χ2v) is 5.06. The van der Waals surface area contributed by atoms with Crippen LogP contribution in [0.1, 0.15) is 57.1 Å². The summed E-state index contributed by atoms with van der Waals surface area (Å²) in [6.45, 7) is 9.72. The van der Waals surface area contributed by atoms with Crippen molar-refractivity contribution in [2.45, 2.75) is 46.0 Å². The fourth-order valence-corrected chi connectivity index (χ4v) is 2.10. The molecule has 0 spiro atoms. The summed E-state index contributed by atoms with van der Waals surface area (Å²) in [6, 6.07) is 9.02. The molecule has 1 heteroatoms. The Kier molecular flexibility index (Phi) is 5.01. The molecule has 2 atom stereocenters. The Morgan fingerprint density at radius 3 is 1.88 bits per heavy atom. The van der Waals surface area contributed by atoms with E-state index in [-0.39, 0.29) is 0 Å². The topological polar surface area (TPSA) is 26.0 Å². The van der Waals surface area contributed by atoms with Crippen molar-refractivity contribution in [2.75, 3.05) is 6.54 Å². The molecule has 0 saturated heterocycles. The summed E-state index contributed by atoms with van der Waals surface area (Å²) in [7, 11) is 0. The Bertz CT molecular complexity index is 300. The van der Waals surface area contributed by atoms with E-state index < -0.39 is 0 Å². The molecule has 90 valence electrons. The minimum atomic E-state index is 0.492. The zero-order valence-corrected chi connectivity index (χ0v) is 11.0. The van der Waals surface area contributed by atoms with E-state index in [1.165, 1.54) is 17.5 Å². The van der Waals surface area contributed by atoms with Gasteiger partial charge in [0.25, 0.3) is 0 Å². The smallest absolute Gasteiger partial charge is 0.000577 e. The third kappa shape index (κ3) is 3.08. The van der Waals surface area contributed by atoms with Gasteiger partial charge in [0.1, 0.15) is 0 Å².